The second-order valence-electron chi connectivity index (χ2n) is 5.83. The van der Waals surface area contributed by atoms with Crippen LogP contribution in [0.4, 0.5) is 0 Å². The lowest BCUT2D eigenvalue weighted by molar-refractivity contribution is 0.114. The fourth-order valence-corrected chi connectivity index (χ4v) is 2.56. The van der Waals surface area contributed by atoms with E-state index >= 15 is 0 Å². The summed E-state index contributed by atoms with van der Waals surface area (Å²) in [7, 11) is 1.63. The van der Waals surface area contributed by atoms with Crippen molar-refractivity contribution in [2.45, 2.75) is 38.7 Å². The molecule has 7 heteroatoms. The topological polar surface area (TPSA) is 64.1 Å². The smallest absolute Gasteiger partial charge is 0.187 e. The summed E-state index contributed by atoms with van der Waals surface area (Å²) in [6.45, 7) is 4.36. The highest BCUT2D eigenvalue weighted by molar-refractivity contribution is 7.80. The molecule has 0 spiro atoms. The molecule has 1 atom stereocenters. The average Bonchev–Trinajstić information content (AvgIpc) is 3.14. The molecule has 1 aliphatic heterocycles. The van der Waals surface area contributed by atoms with E-state index in [4.69, 9.17) is 26.4 Å². The van der Waals surface area contributed by atoms with Crippen LogP contribution in [0.2, 0.25) is 0 Å². The second-order valence-corrected chi connectivity index (χ2v) is 6.24. The molecule has 2 N–H and O–H groups in total. The van der Waals surface area contributed by atoms with Gasteiger partial charge in [-0.15, -0.1) is 0 Å². The van der Waals surface area contributed by atoms with Crippen LogP contribution in [-0.2, 0) is 4.74 Å². The summed E-state index contributed by atoms with van der Waals surface area (Å²) < 4.78 is 16.6. The van der Waals surface area contributed by atoms with Crippen LogP contribution in [0.5, 0.6) is 11.5 Å². The van der Waals surface area contributed by atoms with Crippen molar-refractivity contribution < 1.29 is 14.2 Å². The van der Waals surface area contributed by atoms with E-state index in [1.54, 1.807) is 13.3 Å². The number of thiocarbonyl (C=S) groups is 1. The molecule has 0 bridgehead atoms. The van der Waals surface area contributed by atoms with Gasteiger partial charge in [-0.1, -0.05) is 13.3 Å². The van der Waals surface area contributed by atoms with Crippen LogP contribution in [0, 0.1) is 0 Å². The lowest BCUT2D eigenvalue weighted by Gasteiger charge is -2.12. The summed E-state index contributed by atoms with van der Waals surface area (Å²) in [5.74, 6) is 1.44. The number of methoxy groups -OCH3 is 1. The lowest BCUT2D eigenvalue weighted by Crippen LogP contribution is -2.37. The van der Waals surface area contributed by atoms with Crippen molar-refractivity contribution in [3.8, 4) is 11.5 Å². The number of ether oxygens (including phenoxy) is 3. The van der Waals surface area contributed by atoms with Crippen LogP contribution in [0.1, 0.15) is 38.2 Å². The third-order valence-electron chi connectivity index (χ3n) is 3.84. The molecule has 0 aromatic heterocycles. The van der Waals surface area contributed by atoms with Gasteiger partial charge < -0.3 is 19.5 Å². The van der Waals surface area contributed by atoms with Gasteiger partial charge in [0.15, 0.2) is 16.6 Å². The second kappa shape index (κ2) is 10.9. The Morgan fingerprint density at radius 3 is 3.04 bits per heavy atom. The van der Waals surface area contributed by atoms with Gasteiger partial charge in [-0.05, 0) is 55.2 Å². The Balaban J connectivity index is 1.79. The molecular formula is C18H27N3O3S. The van der Waals surface area contributed by atoms with Crippen molar-refractivity contribution in [1.82, 2.24) is 10.7 Å². The molecule has 1 saturated heterocycles. The van der Waals surface area contributed by atoms with E-state index in [-0.39, 0.29) is 6.10 Å². The highest BCUT2D eigenvalue weighted by Gasteiger charge is 2.15. The summed E-state index contributed by atoms with van der Waals surface area (Å²) in [5.41, 5.74) is 3.71. The standard InChI is InChI=1S/C18H27N3O3S/c1-3-4-9-24-16-8-7-14(11-17(16)22-2)12-20-21-18(25)19-13-15-6-5-10-23-15/h7-8,11-12,15H,3-6,9-10,13H2,1-2H3,(H2,19,21,25)/b20-12-/t15-/m0/s1. The number of hydrogen-bond acceptors (Lipinski definition) is 5. The van der Waals surface area contributed by atoms with Crippen LogP contribution in [0.3, 0.4) is 0 Å². The van der Waals surface area contributed by atoms with E-state index in [0.29, 0.717) is 24.0 Å². The van der Waals surface area contributed by atoms with Gasteiger partial charge in [-0.2, -0.15) is 5.10 Å². The SMILES string of the molecule is CCCCOc1ccc(/C=N\NC(=S)NC[C@@H]2CCCO2)cc1OC. The van der Waals surface area contributed by atoms with E-state index in [9.17, 15) is 0 Å². The fourth-order valence-electron chi connectivity index (χ4n) is 2.43. The summed E-state index contributed by atoms with van der Waals surface area (Å²) in [4.78, 5) is 0. The first kappa shape index (κ1) is 19.5. The molecule has 0 amide bonds. The molecule has 0 unspecified atom stereocenters. The molecule has 2 rings (SSSR count). The summed E-state index contributed by atoms with van der Waals surface area (Å²) in [5, 5.41) is 7.74. The van der Waals surface area contributed by atoms with E-state index in [2.05, 4.69) is 22.8 Å². The molecule has 138 valence electrons. The zero-order valence-corrected chi connectivity index (χ0v) is 15.7. The molecule has 1 aromatic rings. The maximum Gasteiger partial charge on any atom is 0.187 e. The summed E-state index contributed by atoms with van der Waals surface area (Å²) in [6.07, 6.45) is 6.24. The number of unbranched alkanes of at least 4 members (excludes halogenated alkanes) is 1. The zero-order valence-electron chi connectivity index (χ0n) is 14.9. The fraction of sp³-hybridized carbons (Fsp3) is 0.556. The van der Waals surface area contributed by atoms with E-state index in [0.717, 1.165) is 43.6 Å². The van der Waals surface area contributed by atoms with E-state index < -0.39 is 0 Å². The number of rotatable bonds is 9. The number of nitrogens with zero attached hydrogens (tertiary/aromatic N) is 1. The first-order valence-electron chi connectivity index (χ1n) is 8.72. The Bertz CT molecular complexity index is 575. The number of nitrogens with one attached hydrogen (secondary N) is 2. The summed E-state index contributed by atoms with van der Waals surface area (Å²) in [6, 6.07) is 5.71. The van der Waals surface area contributed by atoms with Gasteiger partial charge in [-0.3, -0.25) is 5.43 Å². The van der Waals surface area contributed by atoms with Crippen LogP contribution in [0.15, 0.2) is 23.3 Å². The molecule has 0 saturated carbocycles. The maximum atomic E-state index is 5.72. The van der Waals surface area contributed by atoms with Crippen LogP contribution in [0.25, 0.3) is 0 Å². The predicted octanol–water partition coefficient (Wildman–Crippen LogP) is 2.85. The molecular weight excluding hydrogens is 338 g/mol. The number of hydrazone groups is 1. The molecule has 1 aliphatic rings. The first-order chi connectivity index (χ1) is 12.2. The molecule has 1 fully saturated rings. The first-order valence-corrected chi connectivity index (χ1v) is 9.13. The largest absolute Gasteiger partial charge is 0.493 e. The lowest BCUT2D eigenvalue weighted by atomic mass is 10.2. The number of hydrogen-bond donors (Lipinski definition) is 2. The highest BCUT2D eigenvalue weighted by Crippen LogP contribution is 2.27. The van der Waals surface area contributed by atoms with Crippen LogP contribution < -0.4 is 20.2 Å². The predicted molar refractivity (Wildman–Crippen MR) is 104 cm³/mol. The summed E-state index contributed by atoms with van der Waals surface area (Å²) >= 11 is 5.20. The minimum Gasteiger partial charge on any atom is -0.493 e. The van der Waals surface area contributed by atoms with Gasteiger partial charge in [-0.25, -0.2) is 0 Å². The van der Waals surface area contributed by atoms with Gasteiger partial charge in [0.2, 0.25) is 0 Å². The number of benzene rings is 1. The van der Waals surface area contributed by atoms with Gasteiger partial charge in [0.25, 0.3) is 0 Å². The van der Waals surface area contributed by atoms with Gasteiger partial charge in [0.1, 0.15) is 0 Å². The molecule has 25 heavy (non-hydrogen) atoms. The molecule has 6 nitrogen and oxygen atoms in total. The molecule has 1 heterocycles. The Morgan fingerprint density at radius 2 is 2.32 bits per heavy atom. The van der Waals surface area contributed by atoms with E-state index in [1.807, 2.05) is 18.2 Å². The quantitative estimate of drug-likeness (QED) is 0.304. The monoisotopic (exact) mass is 365 g/mol. The molecule has 1 aromatic carbocycles. The van der Waals surface area contributed by atoms with Crippen molar-refractivity contribution in [2.75, 3.05) is 26.9 Å². The maximum absolute atomic E-state index is 5.72. The minimum absolute atomic E-state index is 0.244. The third-order valence-corrected chi connectivity index (χ3v) is 4.07. The molecule has 0 radical (unpaired) electrons. The Kier molecular flexibility index (Phi) is 8.48. The highest BCUT2D eigenvalue weighted by atomic mass is 32.1. The van der Waals surface area contributed by atoms with Crippen molar-refractivity contribution in [3.05, 3.63) is 23.8 Å². The molecule has 0 aliphatic carbocycles. The minimum atomic E-state index is 0.244. The Labute approximate surface area is 154 Å². The van der Waals surface area contributed by atoms with E-state index in [1.165, 1.54) is 0 Å². The zero-order chi connectivity index (χ0) is 17.9. The Morgan fingerprint density at radius 1 is 1.44 bits per heavy atom. The van der Waals surface area contributed by atoms with Crippen molar-refractivity contribution >= 4 is 23.5 Å². The van der Waals surface area contributed by atoms with Crippen LogP contribution in [-0.4, -0.2) is 44.3 Å². The van der Waals surface area contributed by atoms with Crippen molar-refractivity contribution in [1.29, 1.82) is 0 Å². The average molecular weight is 365 g/mol. The third kappa shape index (κ3) is 6.88. The Hall–Kier alpha value is -1.86. The van der Waals surface area contributed by atoms with Gasteiger partial charge in [0.05, 0.1) is 26.0 Å². The normalized spacial score (nSPS) is 16.8. The van der Waals surface area contributed by atoms with Crippen molar-refractivity contribution in [2.24, 2.45) is 5.10 Å². The van der Waals surface area contributed by atoms with Crippen LogP contribution >= 0.6 is 12.2 Å². The van der Waals surface area contributed by atoms with Crippen molar-refractivity contribution in [3.63, 3.8) is 0 Å². The van der Waals surface area contributed by atoms with Gasteiger partial charge >= 0.3 is 0 Å². The van der Waals surface area contributed by atoms with Gasteiger partial charge in [0, 0.05) is 13.2 Å².